The highest BCUT2D eigenvalue weighted by Crippen LogP contribution is 2.33. The summed E-state index contributed by atoms with van der Waals surface area (Å²) in [5.74, 6) is 0.656. The molecule has 0 spiro atoms. The normalized spacial score (nSPS) is 18.4. The molecule has 0 radical (unpaired) electrons. The van der Waals surface area contributed by atoms with Crippen LogP contribution in [-0.2, 0) is 6.54 Å². The van der Waals surface area contributed by atoms with Crippen LogP contribution >= 0.6 is 11.6 Å². The SMILES string of the molecule is CCn1ncc(Cl)c1C(=O)N1CCC[C@@H]1c1cc(C)on1. The zero-order valence-corrected chi connectivity index (χ0v) is 12.8. The maximum absolute atomic E-state index is 12.8. The van der Waals surface area contributed by atoms with E-state index < -0.39 is 0 Å². The van der Waals surface area contributed by atoms with Gasteiger partial charge in [-0.05, 0) is 26.7 Å². The quantitative estimate of drug-likeness (QED) is 0.874. The van der Waals surface area contributed by atoms with Crippen molar-refractivity contribution in [3.63, 3.8) is 0 Å². The van der Waals surface area contributed by atoms with Crippen molar-refractivity contribution in [1.82, 2.24) is 19.8 Å². The number of carbonyl (C=O) groups is 1. The highest BCUT2D eigenvalue weighted by atomic mass is 35.5. The topological polar surface area (TPSA) is 64.2 Å². The highest BCUT2D eigenvalue weighted by Gasteiger charge is 2.34. The van der Waals surface area contributed by atoms with Crippen molar-refractivity contribution in [2.45, 2.75) is 39.3 Å². The van der Waals surface area contributed by atoms with E-state index in [-0.39, 0.29) is 11.9 Å². The van der Waals surface area contributed by atoms with Gasteiger partial charge in [-0.1, -0.05) is 16.8 Å². The highest BCUT2D eigenvalue weighted by molar-refractivity contribution is 6.33. The van der Waals surface area contributed by atoms with Crippen molar-refractivity contribution in [1.29, 1.82) is 0 Å². The number of aryl methyl sites for hydroxylation is 2. The van der Waals surface area contributed by atoms with E-state index in [1.165, 1.54) is 6.20 Å². The van der Waals surface area contributed by atoms with Gasteiger partial charge in [-0.25, -0.2) is 0 Å². The van der Waals surface area contributed by atoms with Gasteiger partial charge in [0.2, 0.25) is 0 Å². The standard InChI is InChI=1S/C14H17ClN4O2/c1-3-19-13(10(15)8-16-19)14(20)18-6-4-5-12(18)11-7-9(2)21-17-11/h7-8,12H,3-6H2,1-2H3/t12-/m1/s1. The predicted octanol–water partition coefficient (Wildman–Crippen LogP) is 2.83. The third-order valence-corrected chi connectivity index (χ3v) is 4.07. The molecule has 0 aliphatic carbocycles. The summed E-state index contributed by atoms with van der Waals surface area (Å²) in [6.07, 6.45) is 3.35. The van der Waals surface area contributed by atoms with Gasteiger partial charge in [0.05, 0.1) is 17.3 Å². The van der Waals surface area contributed by atoms with Crippen LogP contribution in [0.15, 0.2) is 16.8 Å². The van der Waals surface area contributed by atoms with E-state index in [0.29, 0.717) is 23.8 Å². The fourth-order valence-electron chi connectivity index (χ4n) is 2.81. The summed E-state index contributed by atoms with van der Waals surface area (Å²) in [4.78, 5) is 14.6. The Bertz CT molecular complexity index is 664. The van der Waals surface area contributed by atoms with Crippen molar-refractivity contribution >= 4 is 17.5 Å². The van der Waals surface area contributed by atoms with Crippen molar-refractivity contribution < 1.29 is 9.32 Å². The van der Waals surface area contributed by atoms with E-state index >= 15 is 0 Å². The minimum Gasteiger partial charge on any atom is -0.361 e. The third kappa shape index (κ3) is 2.44. The average molecular weight is 309 g/mol. The van der Waals surface area contributed by atoms with E-state index in [4.69, 9.17) is 16.1 Å². The van der Waals surface area contributed by atoms with E-state index in [1.54, 1.807) is 4.68 Å². The van der Waals surface area contributed by atoms with Crippen molar-refractivity contribution in [3.8, 4) is 0 Å². The summed E-state index contributed by atoms with van der Waals surface area (Å²) in [6, 6.07) is 1.83. The molecule has 1 aliphatic heterocycles. The molecule has 7 heteroatoms. The van der Waals surface area contributed by atoms with Crippen LogP contribution in [0.4, 0.5) is 0 Å². The zero-order chi connectivity index (χ0) is 15.0. The number of hydrogen-bond donors (Lipinski definition) is 0. The molecule has 2 aromatic heterocycles. The smallest absolute Gasteiger partial charge is 0.274 e. The van der Waals surface area contributed by atoms with Crippen LogP contribution in [0.2, 0.25) is 5.02 Å². The van der Waals surface area contributed by atoms with Crippen molar-refractivity contribution in [2.24, 2.45) is 0 Å². The van der Waals surface area contributed by atoms with Crippen LogP contribution in [0, 0.1) is 6.92 Å². The number of hydrogen-bond acceptors (Lipinski definition) is 4. The molecule has 1 atom stereocenters. The number of nitrogens with zero attached hydrogens (tertiary/aromatic N) is 4. The van der Waals surface area contributed by atoms with E-state index in [0.717, 1.165) is 24.3 Å². The lowest BCUT2D eigenvalue weighted by molar-refractivity contribution is 0.0718. The Kier molecular flexibility index (Phi) is 3.71. The fraction of sp³-hybridized carbons (Fsp3) is 0.500. The Morgan fingerprint density at radius 1 is 1.57 bits per heavy atom. The van der Waals surface area contributed by atoms with Crippen LogP contribution in [0.5, 0.6) is 0 Å². The molecule has 1 saturated heterocycles. The Hall–Kier alpha value is -1.82. The second-order valence-electron chi connectivity index (χ2n) is 5.18. The first-order valence-electron chi connectivity index (χ1n) is 7.07. The molecule has 0 aromatic carbocycles. The maximum atomic E-state index is 12.8. The molecule has 112 valence electrons. The number of carbonyl (C=O) groups excluding carboxylic acids is 1. The molecule has 1 fully saturated rings. The first-order valence-corrected chi connectivity index (χ1v) is 7.45. The molecule has 2 aromatic rings. The van der Waals surface area contributed by atoms with E-state index in [2.05, 4.69) is 10.3 Å². The minimum absolute atomic E-state index is 0.0498. The first kappa shape index (κ1) is 14.1. The van der Waals surface area contributed by atoms with Gasteiger partial charge in [-0.3, -0.25) is 9.48 Å². The van der Waals surface area contributed by atoms with Crippen LogP contribution < -0.4 is 0 Å². The van der Waals surface area contributed by atoms with Gasteiger partial charge in [-0.15, -0.1) is 0 Å². The van der Waals surface area contributed by atoms with Crippen LogP contribution in [0.1, 0.15) is 47.7 Å². The second-order valence-corrected chi connectivity index (χ2v) is 5.58. The van der Waals surface area contributed by atoms with E-state index in [9.17, 15) is 4.79 Å². The van der Waals surface area contributed by atoms with Gasteiger partial charge >= 0.3 is 0 Å². The predicted molar refractivity (Wildman–Crippen MR) is 77.2 cm³/mol. The number of amides is 1. The molecule has 21 heavy (non-hydrogen) atoms. The molecule has 0 saturated carbocycles. The van der Waals surface area contributed by atoms with Gasteiger partial charge in [0, 0.05) is 19.2 Å². The summed E-state index contributed by atoms with van der Waals surface area (Å²) in [5.41, 5.74) is 1.25. The minimum atomic E-state index is -0.0949. The van der Waals surface area contributed by atoms with Gasteiger partial charge < -0.3 is 9.42 Å². The molecule has 0 unspecified atom stereocenters. The fourth-order valence-corrected chi connectivity index (χ4v) is 3.03. The lowest BCUT2D eigenvalue weighted by Crippen LogP contribution is -2.32. The molecule has 0 bridgehead atoms. The zero-order valence-electron chi connectivity index (χ0n) is 12.0. The lowest BCUT2D eigenvalue weighted by Gasteiger charge is -2.23. The van der Waals surface area contributed by atoms with Gasteiger partial charge in [-0.2, -0.15) is 5.10 Å². The summed E-state index contributed by atoms with van der Waals surface area (Å²) in [5, 5.41) is 8.58. The van der Waals surface area contributed by atoms with Crippen LogP contribution in [0.3, 0.4) is 0 Å². The monoisotopic (exact) mass is 308 g/mol. The summed E-state index contributed by atoms with van der Waals surface area (Å²) in [7, 11) is 0. The van der Waals surface area contributed by atoms with Gasteiger partial charge in [0.25, 0.3) is 5.91 Å². The average Bonchev–Trinajstić information content (AvgIpc) is 3.16. The van der Waals surface area contributed by atoms with Gasteiger partial charge in [0.1, 0.15) is 17.1 Å². The Morgan fingerprint density at radius 3 is 3.05 bits per heavy atom. The largest absolute Gasteiger partial charge is 0.361 e. The molecule has 3 rings (SSSR count). The molecule has 6 nitrogen and oxygen atoms in total. The summed E-state index contributed by atoms with van der Waals surface area (Å²) in [6.45, 7) is 5.08. The molecule has 3 heterocycles. The number of aromatic nitrogens is 3. The summed E-state index contributed by atoms with van der Waals surface area (Å²) >= 11 is 6.13. The molecular weight excluding hydrogens is 292 g/mol. The molecule has 1 amide bonds. The van der Waals surface area contributed by atoms with Gasteiger partial charge in [0.15, 0.2) is 0 Å². The Labute approximate surface area is 127 Å². The maximum Gasteiger partial charge on any atom is 0.274 e. The van der Waals surface area contributed by atoms with Crippen LogP contribution in [-0.4, -0.2) is 32.3 Å². The number of halogens is 1. The van der Waals surface area contributed by atoms with Crippen LogP contribution in [0.25, 0.3) is 0 Å². The third-order valence-electron chi connectivity index (χ3n) is 3.80. The van der Waals surface area contributed by atoms with Crippen molar-refractivity contribution in [2.75, 3.05) is 6.54 Å². The first-order chi connectivity index (χ1) is 10.1. The molecular formula is C14H17ClN4O2. The number of likely N-dealkylation sites (tertiary alicyclic amines) is 1. The Balaban J connectivity index is 1.91. The number of rotatable bonds is 3. The second kappa shape index (κ2) is 5.52. The molecule has 1 aliphatic rings. The Morgan fingerprint density at radius 2 is 2.38 bits per heavy atom. The summed E-state index contributed by atoms with van der Waals surface area (Å²) < 4.78 is 6.77. The molecule has 0 N–H and O–H groups in total. The lowest BCUT2D eigenvalue weighted by atomic mass is 10.1. The van der Waals surface area contributed by atoms with Crippen molar-refractivity contribution in [3.05, 3.63) is 34.4 Å². The van der Waals surface area contributed by atoms with E-state index in [1.807, 2.05) is 24.8 Å².